The van der Waals surface area contributed by atoms with Gasteiger partial charge in [0.15, 0.2) is 0 Å². The lowest BCUT2D eigenvalue weighted by molar-refractivity contribution is 0.197. The van der Waals surface area contributed by atoms with Gasteiger partial charge in [0.2, 0.25) is 0 Å². The lowest BCUT2D eigenvalue weighted by Gasteiger charge is -2.30. The molecule has 3 unspecified atom stereocenters. The van der Waals surface area contributed by atoms with Crippen molar-refractivity contribution in [3.05, 3.63) is 0 Å². The van der Waals surface area contributed by atoms with Crippen LogP contribution in [0.1, 0.15) is 59.3 Å². The van der Waals surface area contributed by atoms with E-state index in [1.54, 1.807) is 0 Å². The molecule has 1 saturated heterocycles. The Morgan fingerprint density at radius 2 is 1.78 bits per heavy atom. The molecule has 0 spiro atoms. The van der Waals surface area contributed by atoms with Gasteiger partial charge < -0.3 is 10.6 Å². The van der Waals surface area contributed by atoms with Crippen molar-refractivity contribution in [1.29, 1.82) is 0 Å². The zero-order chi connectivity index (χ0) is 13.2. The van der Waals surface area contributed by atoms with Gasteiger partial charge in [-0.3, -0.25) is 0 Å². The fourth-order valence-electron chi connectivity index (χ4n) is 3.83. The summed E-state index contributed by atoms with van der Waals surface area (Å²) >= 11 is 0. The number of likely N-dealkylation sites (tertiary alicyclic amines) is 1. The molecule has 2 heteroatoms. The Bertz CT molecular complexity index is 256. The summed E-state index contributed by atoms with van der Waals surface area (Å²) in [7, 11) is 0. The van der Waals surface area contributed by atoms with E-state index in [9.17, 15) is 0 Å². The van der Waals surface area contributed by atoms with Gasteiger partial charge in [0.05, 0.1) is 0 Å². The molecule has 1 aliphatic carbocycles. The fraction of sp³-hybridized carbons (Fsp3) is 1.00. The largest absolute Gasteiger partial charge is 0.327 e. The van der Waals surface area contributed by atoms with E-state index < -0.39 is 0 Å². The van der Waals surface area contributed by atoms with Crippen LogP contribution in [0, 0.1) is 17.3 Å². The van der Waals surface area contributed by atoms with Gasteiger partial charge in [0.25, 0.3) is 0 Å². The van der Waals surface area contributed by atoms with E-state index in [-0.39, 0.29) is 0 Å². The third-order valence-electron chi connectivity index (χ3n) is 5.26. The van der Waals surface area contributed by atoms with Crippen LogP contribution in [0.2, 0.25) is 0 Å². The second-order valence-electron chi connectivity index (χ2n) is 7.65. The van der Waals surface area contributed by atoms with Crippen molar-refractivity contribution >= 4 is 0 Å². The summed E-state index contributed by atoms with van der Waals surface area (Å²) in [5, 5.41) is 0. The maximum absolute atomic E-state index is 6.21. The van der Waals surface area contributed by atoms with Crippen molar-refractivity contribution in [3.8, 4) is 0 Å². The molecule has 1 saturated carbocycles. The molecular weight excluding hydrogens is 220 g/mol. The lowest BCUT2D eigenvalue weighted by Crippen LogP contribution is -2.37. The standard InChI is InChI=1S/C16H32N2/c1-16(2,3)14-7-5-10-18(11-9-14)12-13-6-4-8-15(13)17/h13-15H,4-12,17H2,1-3H3. The normalized spacial score (nSPS) is 35.7. The Morgan fingerprint density at radius 3 is 2.39 bits per heavy atom. The SMILES string of the molecule is CC(C)(C)C1CCCN(CC2CCCC2N)CC1. The molecule has 0 aromatic rings. The highest BCUT2D eigenvalue weighted by atomic mass is 15.1. The zero-order valence-electron chi connectivity index (χ0n) is 12.6. The molecule has 0 bridgehead atoms. The average Bonchev–Trinajstić information content (AvgIpc) is 2.54. The number of hydrogen-bond donors (Lipinski definition) is 1. The Morgan fingerprint density at radius 1 is 1.00 bits per heavy atom. The molecule has 0 aromatic carbocycles. The number of nitrogens with two attached hydrogens (primary N) is 1. The summed E-state index contributed by atoms with van der Waals surface area (Å²) in [6, 6.07) is 0.478. The molecule has 3 atom stereocenters. The Labute approximate surface area is 113 Å². The predicted octanol–water partition coefficient (Wildman–Crippen LogP) is 3.26. The quantitative estimate of drug-likeness (QED) is 0.817. The van der Waals surface area contributed by atoms with Gasteiger partial charge in [-0.25, -0.2) is 0 Å². The van der Waals surface area contributed by atoms with Gasteiger partial charge >= 0.3 is 0 Å². The molecule has 0 aromatic heterocycles. The van der Waals surface area contributed by atoms with Crippen molar-refractivity contribution in [2.75, 3.05) is 19.6 Å². The minimum Gasteiger partial charge on any atom is -0.327 e. The van der Waals surface area contributed by atoms with Crippen LogP contribution in [0.25, 0.3) is 0 Å². The Balaban J connectivity index is 1.82. The van der Waals surface area contributed by atoms with Gasteiger partial charge in [-0.2, -0.15) is 0 Å². The molecule has 1 aliphatic heterocycles. The number of rotatable bonds is 2. The minimum absolute atomic E-state index is 0.478. The summed E-state index contributed by atoms with van der Waals surface area (Å²) in [5.74, 6) is 1.68. The van der Waals surface area contributed by atoms with Crippen LogP contribution in [-0.4, -0.2) is 30.6 Å². The van der Waals surface area contributed by atoms with Crippen molar-refractivity contribution < 1.29 is 0 Å². The van der Waals surface area contributed by atoms with Crippen LogP contribution in [0.15, 0.2) is 0 Å². The van der Waals surface area contributed by atoms with Crippen molar-refractivity contribution in [3.63, 3.8) is 0 Å². The first-order valence-corrected chi connectivity index (χ1v) is 7.95. The highest BCUT2D eigenvalue weighted by Crippen LogP contribution is 2.35. The highest BCUT2D eigenvalue weighted by Gasteiger charge is 2.30. The number of nitrogens with zero attached hydrogens (tertiary/aromatic N) is 1. The van der Waals surface area contributed by atoms with E-state index in [4.69, 9.17) is 5.73 Å². The summed E-state index contributed by atoms with van der Waals surface area (Å²) < 4.78 is 0. The van der Waals surface area contributed by atoms with Crippen molar-refractivity contribution in [2.45, 2.75) is 65.3 Å². The lowest BCUT2D eigenvalue weighted by atomic mass is 9.77. The van der Waals surface area contributed by atoms with Crippen molar-refractivity contribution in [2.24, 2.45) is 23.0 Å². The average molecular weight is 252 g/mol. The minimum atomic E-state index is 0.478. The second-order valence-corrected chi connectivity index (χ2v) is 7.65. The fourth-order valence-corrected chi connectivity index (χ4v) is 3.83. The molecule has 2 N–H and O–H groups in total. The maximum Gasteiger partial charge on any atom is 0.00793 e. The first-order valence-electron chi connectivity index (χ1n) is 7.95. The number of hydrogen-bond acceptors (Lipinski definition) is 2. The Hall–Kier alpha value is -0.0800. The van der Waals surface area contributed by atoms with E-state index in [0.29, 0.717) is 11.5 Å². The predicted molar refractivity (Wildman–Crippen MR) is 78.6 cm³/mol. The monoisotopic (exact) mass is 252 g/mol. The molecule has 2 aliphatic rings. The molecule has 0 radical (unpaired) electrons. The van der Waals surface area contributed by atoms with Gasteiger partial charge in [-0.05, 0) is 62.4 Å². The van der Waals surface area contributed by atoms with Crippen LogP contribution < -0.4 is 5.73 Å². The third kappa shape index (κ3) is 3.71. The van der Waals surface area contributed by atoms with E-state index >= 15 is 0 Å². The third-order valence-corrected chi connectivity index (χ3v) is 5.26. The first-order chi connectivity index (χ1) is 8.47. The van der Waals surface area contributed by atoms with Crippen molar-refractivity contribution in [1.82, 2.24) is 4.90 Å². The van der Waals surface area contributed by atoms with E-state index in [1.165, 1.54) is 58.2 Å². The molecule has 1 heterocycles. The summed E-state index contributed by atoms with van der Waals surface area (Å²) in [5.41, 5.74) is 6.69. The molecule has 2 nitrogen and oxygen atoms in total. The van der Waals surface area contributed by atoms with E-state index in [0.717, 1.165) is 11.8 Å². The zero-order valence-corrected chi connectivity index (χ0v) is 12.6. The highest BCUT2D eigenvalue weighted by molar-refractivity contribution is 4.84. The summed E-state index contributed by atoms with van der Waals surface area (Å²) in [6.45, 7) is 11.1. The molecule has 18 heavy (non-hydrogen) atoms. The van der Waals surface area contributed by atoms with Gasteiger partial charge in [-0.15, -0.1) is 0 Å². The van der Waals surface area contributed by atoms with Gasteiger partial charge in [0, 0.05) is 12.6 Å². The smallest absolute Gasteiger partial charge is 0.00793 e. The first kappa shape index (κ1) is 14.3. The summed E-state index contributed by atoms with van der Waals surface area (Å²) in [6.07, 6.45) is 8.14. The topological polar surface area (TPSA) is 29.3 Å². The Kier molecular flexibility index (Phi) is 4.71. The van der Waals surface area contributed by atoms with Gasteiger partial charge in [-0.1, -0.05) is 27.2 Å². The second kappa shape index (κ2) is 5.92. The van der Waals surface area contributed by atoms with Crippen LogP contribution in [0.4, 0.5) is 0 Å². The van der Waals surface area contributed by atoms with E-state index in [2.05, 4.69) is 25.7 Å². The van der Waals surface area contributed by atoms with Gasteiger partial charge in [0.1, 0.15) is 0 Å². The molecular formula is C16H32N2. The van der Waals surface area contributed by atoms with E-state index in [1.807, 2.05) is 0 Å². The molecule has 2 fully saturated rings. The van der Waals surface area contributed by atoms with Crippen LogP contribution in [0.3, 0.4) is 0 Å². The van der Waals surface area contributed by atoms with Crippen LogP contribution >= 0.6 is 0 Å². The molecule has 0 amide bonds. The molecule has 106 valence electrons. The summed E-state index contributed by atoms with van der Waals surface area (Å²) in [4.78, 5) is 2.70. The molecule has 2 rings (SSSR count). The van der Waals surface area contributed by atoms with Crippen LogP contribution in [0.5, 0.6) is 0 Å². The maximum atomic E-state index is 6.21. The van der Waals surface area contributed by atoms with Crippen LogP contribution in [-0.2, 0) is 0 Å².